The molecule has 0 aromatic carbocycles. The molecule has 1 amide bonds. The smallest absolute Gasteiger partial charge is 0.220 e. The van der Waals surface area contributed by atoms with Gasteiger partial charge >= 0.3 is 0 Å². The molecule has 19 nitrogen and oxygen atoms in total. The van der Waals surface area contributed by atoms with Gasteiger partial charge in [-0.15, -0.1) is 0 Å². The predicted octanol–water partition coefficient (Wildman–Crippen LogP) is 9.28. The van der Waals surface area contributed by atoms with Gasteiger partial charge in [0.2, 0.25) is 5.91 Å². The zero-order chi connectivity index (χ0) is 63.3. The van der Waals surface area contributed by atoms with E-state index in [-0.39, 0.29) is 18.9 Å². The molecule has 0 spiro atoms. The molecule has 514 valence electrons. The fourth-order valence-electron chi connectivity index (χ4n) is 12.3. The Morgan fingerprint density at radius 1 is 0.402 bits per heavy atom. The van der Waals surface area contributed by atoms with Gasteiger partial charge in [-0.05, 0) is 38.5 Å². The number of nitrogens with one attached hydrogen (secondary N) is 1. The standard InChI is InChI=1S/C68H129NO18/c1-3-5-7-9-11-13-14-15-16-17-18-19-20-21-22-23-24-25-26-27-28-29-30-31-32-33-34-35-36-38-40-42-44-46-56(74)69-51(52(73)45-43-41-39-37-12-10-8-6-4-2)50-82-66-62(80)59(77)64(54(48-71)84-66)87-68-63(81)60(78)65(55(49-72)85-68)86-67-61(79)58(76)57(75)53(47-70)83-67/h17-18,51-55,57-68,70-73,75-81H,3-16,19-50H2,1-2H3,(H,69,74)/b18-17-. The van der Waals surface area contributed by atoms with E-state index in [1.54, 1.807) is 0 Å². The molecule has 12 N–H and O–H groups in total. The average molecular weight is 1250 g/mol. The van der Waals surface area contributed by atoms with Crippen LogP contribution in [0.1, 0.15) is 284 Å². The highest BCUT2D eigenvalue weighted by Crippen LogP contribution is 2.33. The van der Waals surface area contributed by atoms with Gasteiger partial charge in [0.1, 0.15) is 73.2 Å². The molecule has 3 fully saturated rings. The van der Waals surface area contributed by atoms with Crippen LogP contribution >= 0.6 is 0 Å². The number of aliphatic hydroxyl groups is 11. The van der Waals surface area contributed by atoms with Gasteiger partial charge in [-0.2, -0.15) is 0 Å². The highest BCUT2D eigenvalue weighted by molar-refractivity contribution is 5.76. The van der Waals surface area contributed by atoms with E-state index in [0.717, 1.165) is 44.9 Å². The van der Waals surface area contributed by atoms with Crippen molar-refractivity contribution in [1.29, 1.82) is 0 Å². The number of carbonyl (C=O) groups excluding carboxylic acids is 1. The fraction of sp³-hybridized carbons (Fsp3) is 0.956. The lowest BCUT2D eigenvalue weighted by Crippen LogP contribution is -2.66. The maximum absolute atomic E-state index is 13.4. The van der Waals surface area contributed by atoms with Crippen molar-refractivity contribution in [2.24, 2.45) is 0 Å². The quantitative estimate of drug-likeness (QED) is 0.0199. The van der Waals surface area contributed by atoms with Crippen LogP contribution in [-0.4, -0.2) is 193 Å². The van der Waals surface area contributed by atoms with Gasteiger partial charge in [0.05, 0.1) is 38.6 Å². The predicted molar refractivity (Wildman–Crippen MR) is 337 cm³/mol. The lowest BCUT2D eigenvalue weighted by molar-refractivity contribution is -0.379. The van der Waals surface area contributed by atoms with Crippen molar-refractivity contribution in [3.63, 3.8) is 0 Å². The molecule has 0 aromatic heterocycles. The molecule has 0 saturated carbocycles. The molecule has 0 aromatic rings. The summed E-state index contributed by atoms with van der Waals surface area (Å²) >= 11 is 0. The Kier molecular flexibility index (Phi) is 46.8. The van der Waals surface area contributed by atoms with Gasteiger partial charge in [-0.3, -0.25) is 4.79 Å². The lowest BCUT2D eigenvalue weighted by atomic mass is 9.96. The first kappa shape index (κ1) is 79.8. The Balaban J connectivity index is 1.30. The van der Waals surface area contributed by atoms with Gasteiger partial charge in [-0.25, -0.2) is 0 Å². The molecule has 17 atom stereocenters. The van der Waals surface area contributed by atoms with Crippen molar-refractivity contribution in [3.8, 4) is 0 Å². The first-order chi connectivity index (χ1) is 42.3. The Bertz CT molecular complexity index is 1630. The Morgan fingerprint density at radius 3 is 1.11 bits per heavy atom. The molecule has 17 unspecified atom stereocenters. The molecule has 0 bridgehead atoms. The van der Waals surface area contributed by atoms with E-state index in [4.69, 9.17) is 28.4 Å². The van der Waals surface area contributed by atoms with Crippen LogP contribution in [-0.2, 0) is 33.2 Å². The van der Waals surface area contributed by atoms with E-state index < -0.39 is 124 Å². The lowest BCUT2D eigenvalue weighted by Gasteiger charge is -2.48. The monoisotopic (exact) mass is 1250 g/mol. The maximum Gasteiger partial charge on any atom is 0.220 e. The fourth-order valence-corrected chi connectivity index (χ4v) is 12.3. The van der Waals surface area contributed by atoms with Crippen molar-refractivity contribution in [1.82, 2.24) is 5.32 Å². The minimum absolute atomic E-state index is 0.240. The largest absolute Gasteiger partial charge is 0.394 e. The summed E-state index contributed by atoms with van der Waals surface area (Å²) in [5.41, 5.74) is 0. The third kappa shape index (κ3) is 33.3. The highest BCUT2D eigenvalue weighted by Gasteiger charge is 2.53. The number of allylic oxidation sites excluding steroid dienone is 2. The van der Waals surface area contributed by atoms with Crippen LogP contribution in [0.4, 0.5) is 0 Å². The molecule has 0 aliphatic carbocycles. The van der Waals surface area contributed by atoms with Crippen molar-refractivity contribution in [3.05, 3.63) is 12.2 Å². The molecule has 0 radical (unpaired) electrons. The number of aliphatic hydroxyl groups excluding tert-OH is 11. The van der Waals surface area contributed by atoms with Crippen LogP contribution in [0, 0.1) is 0 Å². The second-order valence-corrected chi connectivity index (χ2v) is 25.7. The first-order valence-corrected chi connectivity index (χ1v) is 35.4. The number of ether oxygens (including phenoxy) is 6. The summed E-state index contributed by atoms with van der Waals surface area (Å²) < 4.78 is 34.3. The van der Waals surface area contributed by atoms with E-state index in [0.29, 0.717) is 12.8 Å². The number of rotatable bonds is 55. The topological polar surface area (TPSA) is 307 Å². The number of amides is 1. The van der Waals surface area contributed by atoms with Gasteiger partial charge < -0.3 is 89.9 Å². The molecule has 3 heterocycles. The van der Waals surface area contributed by atoms with E-state index in [1.165, 1.54) is 205 Å². The number of hydrogen-bond acceptors (Lipinski definition) is 18. The van der Waals surface area contributed by atoms with Gasteiger partial charge in [0.25, 0.3) is 0 Å². The first-order valence-electron chi connectivity index (χ1n) is 35.4. The zero-order valence-corrected chi connectivity index (χ0v) is 54.3. The van der Waals surface area contributed by atoms with Crippen molar-refractivity contribution in [2.75, 3.05) is 26.4 Å². The Labute approximate surface area is 525 Å². The van der Waals surface area contributed by atoms with Gasteiger partial charge in [-0.1, -0.05) is 251 Å². The number of carbonyl (C=O) groups is 1. The van der Waals surface area contributed by atoms with Crippen LogP contribution in [0.2, 0.25) is 0 Å². The third-order valence-electron chi connectivity index (χ3n) is 18.1. The second-order valence-electron chi connectivity index (χ2n) is 25.7. The van der Waals surface area contributed by atoms with Crippen LogP contribution in [0.25, 0.3) is 0 Å². The Morgan fingerprint density at radius 2 is 0.724 bits per heavy atom. The summed E-state index contributed by atoms with van der Waals surface area (Å²) in [7, 11) is 0. The minimum atomic E-state index is -1.97. The zero-order valence-electron chi connectivity index (χ0n) is 54.3. The maximum atomic E-state index is 13.4. The van der Waals surface area contributed by atoms with Crippen LogP contribution < -0.4 is 5.32 Å². The van der Waals surface area contributed by atoms with E-state index >= 15 is 0 Å². The minimum Gasteiger partial charge on any atom is -0.394 e. The number of hydrogen-bond donors (Lipinski definition) is 12. The van der Waals surface area contributed by atoms with Gasteiger partial charge in [0.15, 0.2) is 18.9 Å². The molecule has 19 heteroatoms. The summed E-state index contributed by atoms with van der Waals surface area (Å²) in [6.07, 6.45) is 29.2. The van der Waals surface area contributed by atoms with Crippen molar-refractivity contribution in [2.45, 2.75) is 388 Å². The molecule has 3 aliphatic heterocycles. The third-order valence-corrected chi connectivity index (χ3v) is 18.1. The summed E-state index contributed by atoms with van der Waals surface area (Å²) in [5, 5.41) is 120. The number of unbranched alkanes of at least 4 members (excludes halogenated alkanes) is 37. The summed E-state index contributed by atoms with van der Waals surface area (Å²) in [4.78, 5) is 13.4. The van der Waals surface area contributed by atoms with E-state index in [1.807, 2.05) is 0 Å². The van der Waals surface area contributed by atoms with Crippen LogP contribution in [0.15, 0.2) is 12.2 Å². The second kappa shape index (κ2) is 51.0. The molecule has 3 aliphatic rings. The molecule has 3 rings (SSSR count). The summed E-state index contributed by atoms with van der Waals surface area (Å²) in [6.45, 7) is 1.78. The molecule has 87 heavy (non-hydrogen) atoms. The van der Waals surface area contributed by atoms with E-state index in [9.17, 15) is 61.0 Å². The molecular formula is C68H129NO18. The molecule has 3 saturated heterocycles. The average Bonchev–Trinajstić information content (AvgIpc) is 1.04. The van der Waals surface area contributed by atoms with Gasteiger partial charge in [0, 0.05) is 6.42 Å². The van der Waals surface area contributed by atoms with Crippen molar-refractivity contribution >= 4 is 5.91 Å². The SMILES string of the molecule is CCCCCCCCCC/C=C\CCCCCCCCCCCCCCCCCCCCCCCC(=O)NC(COC1OC(CO)C(OC2OC(CO)C(OC3OC(CO)C(O)C(O)C3O)C(O)C2O)C(O)C1O)C(O)CCCCCCCCCCC. The summed E-state index contributed by atoms with van der Waals surface area (Å²) in [6, 6.07) is -0.881. The summed E-state index contributed by atoms with van der Waals surface area (Å²) in [5.74, 6) is -0.240. The van der Waals surface area contributed by atoms with E-state index in [2.05, 4.69) is 31.3 Å². The normalized spacial score (nSPS) is 28.6. The van der Waals surface area contributed by atoms with Crippen molar-refractivity contribution < 1.29 is 89.4 Å². The Hall–Kier alpha value is -1.47. The highest BCUT2D eigenvalue weighted by atomic mass is 16.8. The van der Waals surface area contributed by atoms with Crippen LogP contribution in [0.3, 0.4) is 0 Å². The van der Waals surface area contributed by atoms with Crippen LogP contribution in [0.5, 0.6) is 0 Å². The molecular weight excluding hydrogens is 1120 g/mol.